The highest BCUT2D eigenvalue weighted by atomic mass is 16.4. The Balaban J connectivity index is 1.54. The molecule has 0 saturated heterocycles. The van der Waals surface area contributed by atoms with Crippen molar-refractivity contribution in [3.63, 3.8) is 0 Å². The number of rotatable bonds is 3. The SMILES string of the molecule is O=C(O)c1ccc2c(n1)CCN(C(=O)c1cccc(C3CC3)c1)C2. The second-order valence-corrected chi connectivity index (χ2v) is 6.48. The van der Waals surface area contributed by atoms with Crippen molar-refractivity contribution in [3.05, 3.63) is 64.5 Å². The molecule has 2 heterocycles. The van der Waals surface area contributed by atoms with E-state index in [9.17, 15) is 9.59 Å². The summed E-state index contributed by atoms with van der Waals surface area (Å²) in [5.41, 5.74) is 3.76. The number of carboxylic acids is 1. The number of amides is 1. The van der Waals surface area contributed by atoms with Gasteiger partial charge in [0.25, 0.3) is 5.91 Å². The largest absolute Gasteiger partial charge is 0.477 e. The van der Waals surface area contributed by atoms with Crippen LogP contribution in [0.15, 0.2) is 36.4 Å². The van der Waals surface area contributed by atoms with Gasteiger partial charge in [0.2, 0.25) is 0 Å². The third kappa shape index (κ3) is 2.77. The molecule has 5 nitrogen and oxygen atoms in total. The molecule has 1 aromatic heterocycles. The minimum absolute atomic E-state index is 0.0328. The smallest absolute Gasteiger partial charge is 0.354 e. The summed E-state index contributed by atoms with van der Waals surface area (Å²) in [6, 6.07) is 11.2. The van der Waals surface area contributed by atoms with E-state index >= 15 is 0 Å². The number of nitrogens with zero attached hydrogens (tertiary/aromatic N) is 2. The number of carbonyl (C=O) groups excluding carboxylic acids is 1. The first kappa shape index (κ1) is 14.9. The van der Waals surface area contributed by atoms with Crippen LogP contribution in [-0.2, 0) is 13.0 Å². The normalized spacial score (nSPS) is 16.6. The minimum Gasteiger partial charge on any atom is -0.477 e. The summed E-state index contributed by atoms with van der Waals surface area (Å²) in [5.74, 6) is -0.364. The third-order valence-corrected chi connectivity index (χ3v) is 4.74. The van der Waals surface area contributed by atoms with E-state index in [4.69, 9.17) is 5.11 Å². The lowest BCUT2D eigenvalue weighted by molar-refractivity contribution is 0.0684. The van der Waals surface area contributed by atoms with Crippen molar-refractivity contribution in [1.29, 1.82) is 0 Å². The van der Waals surface area contributed by atoms with Gasteiger partial charge in [-0.2, -0.15) is 0 Å². The monoisotopic (exact) mass is 322 g/mol. The molecule has 24 heavy (non-hydrogen) atoms. The molecule has 1 amide bonds. The maximum Gasteiger partial charge on any atom is 0.354 e. The molecule has 2 aromatic rings. The second-order valence-electron chi connectivity index (χ2n) is 6.48. The Hall–Kier alpha value is -2.69. The zero-order valence-electron chi connectivity index (χ0n) is 13.2. The van der Waals surface area contributed by atoms with E-state index in [0.29, 0.717) is 25.4 Å². The molecule has 1 aliphatic carbocycles. The van der Waals surface area contributed by atoms with Gasteiger partial charge in [-0.1, -0.05) is 18.2 Å². The predicted molar refractivity (Wildman–Crippen MR) is 88.1 cm³/mol. The zero-order valence-corrected chi connectivity index (χ0v) is 13.2. The van der Waals surface area contributed by atoms with Gasteiger partial charge in [-0.15, -0.1) is 0 Å². The summed E-state index contributed by atoms with van der Waals surface area (Å²) in [7, 11) is 0. The number of aromatic carboxylic acids is 1. The van der Waals surface area contributed by atoms with Crippen LogP contribution < -0.4 is 0 Å². The van der Waals surface area contributed by atoms with Gasteiger partial charge in [0.1, 0.15) is 5.69 Å². The Morgan fingerprint density at radius 1 is 1.17 bits per heavy atom. The fraction of sp³-hybridized carbons (Fsp3) is 0.316. The van der Waals surface area contributed by atoms with E-state index < -0.39 is 5.97 Å². The molecule has 1 saturated carbocycles. The van der Waals surface area contributed by atoms with Crippen molar-refractivity contribution in [2.45, 2.75) is 31.7 Å². The van der Waals surface area contributed by atoms with Gasteiger partial charge < -0.3 is 10.0 Å². The van der Waals surface area contributed by atoms with Crippen molar-refractivity contribution < 1.29 is 14.7 Å². The number of benzene rings is 1. The van der Waals surface area contributed by atoms with Crippen LogP contribution in [0.3, 0.4) is 0 Å². The fourth-order valence-electron chi connectivity index (χ4n) is 3.23. The molecule has 0 radical (unpaired) electrons. The third-order valence-electron chi connectivity index (χ3n) is 4.74. The predicted octanol–water partition coefficient (Wildman–Crippen LogP) is 2.86. The molecule has 0 atom stereocenters. The van der Waals surface area contributed by atoms with Gasteiger partial charge in [0, 0.05) is 30.8 Å². The minimum atomic E-state index is -1.02. The lowest BCUT2D eigenvalue weighted by Gasteiger charge is -2.28. The maximum absolute atomic E-state index is 12.8. The van der Waals surface area contributed by atoms with E-state index in [1.54, 1.807) is 6.07 Å². The maximum atomic E-state index is 12.8. The summed E-state index contributed by atoms with van der Waals surface area (Å²) in [5, 5.41) is 9.02. The van der Waals surface area contributed by atoms with E-state index in [2.05, 4.69) is 11.1 Å². The van der Waals surface area contributed by atoms with E-state index in [1.165, 1.54) is 24.5 Å². The van der Waals surface area contributed by atoms with Crippen LogP contribution in [0.5, 0.6) is 0 Å². The highest BCUT2D eigenvalue weighted by Crippen LogP contribution is 2.40. The fourth-order valence-corrected chi connectivity index (χ4v) is 3.23. The molecular formula is C19H18N2O3. The number of carboxylic acid groups (broad SMARTS) is 1. The molecule has 122 valence electrons. The van der Waals surface area contributed by atoms with Crippen molar-refractivity contribution in [3.8, 4) is 0 Å². The molecular weight excluding hydrogens is 304 g/mol. The molecule has 1 aliphatic heterocycles. The molecule has 4 rings (SSSR count). The first-order chi connectivity index (χ1) is 11.6. The Kier molecular flexibility index (Phi) is 3.56. The number of carbonyl (C=O) groups is 2. The average Bonchev–Trinajstić information content (AvgIpc) is 3.45. The average molecular weight is 322 g/mol. The van der Waals surface area contributed by atoms with Gasteiger partial charge in [0.05, 0.1) is 0 Å². The molecule has 2 aliphatic rings. The summed E-state index contributed by atoms with van der Waals surface area (Å²) < 4.78 is 0. The number of fused-ring (bicyclic) bond motifs is 1. The van der Waals surface area contributed by atoms with Crippen molar-refractivity contribution in [2.24, 2.45) is 0 Å². The Morgan fingerprint density at radius 2 is 2.00 bits per heavy atom. The molecule has 0 spiro atoms. The van der Waals surface area contributed by atoms with Crippen molar-refractivity contribution >= 4 is 11.9 Å². The standard InChI is InChI=1S/C19H18N2O3/c22-18(14-3-1-2-13(10-14)12-4-5-12)21-9-8-16-15(11-21)6-7-17(20-16)19(23)24/h1-3,6-7,10,12H,4-5,8-9,11H2,(H,23,24). The zero-order chi connectivity index (χ0) is 16.7. The molecule has 0 unspecified atom stereocenters. The van der Waals surface area contributed by atoms with Gasteiger partial charge in [-0.05, 0) is 48.1 Å². The number of pyridine rings is 1. The van der Waals surface area contributed by atoms with Gasteiger partial charge in [-0.3, -0.25) is 4.79 Å². The van der Waals surface area contributed by atoms with Crippen molar-refractivity contribution in [1.82, 2.24) is 9.88 Å². The first-order valence-electron chi connectivity index (χ1n) is 8.23. The number of hydrogen-bond donors (Lipinski definition) is 1. The van der Waals surface area contributed by atoms with Gasteiger partial charge in [0.15, 0.2) is 0 Å². The number of aromatic nitrogens is 1. The Morgan fingerprint density at radius 3 is 2.75 bits per heavy atom. The van der Waals surface area contributed by atoms with E-state index in [1.807, 2.05) is 23.1 Å². The first-order valence-corrected chi connectivity index (χ1v) is 8.23. The van der Waals surface area contributed by atoms with E-state index in [0.717, 1.165) is 16.8 Å². The second kappa shape index (κ2) is 5.74. The van der Waals surface area contributed by atoms with Crippen LogP contribution in [-0.4, -0.2) is 33.4 Å². The summed E-state index contributed by atoms with van der Waals surface area (Å²) in [6.45, 7) is 1.05. The summed E-state index contributed by atoms with van der Waals surface area (Å²) >= 11 is 0. The molecule has 5 heteroatoms. The van der Waals surface area contributed by atoms with Crippen LogP contribution in [0, 0.1) is 0 Å². The molecule has 1 fully saturated rings. The van der Waals surface area contributed by atoms with Crippen molar-refractivity contribution in [2.75, 3.05) is 6.54 Å². The lowest BCUT2D eigenvalue weighted by atomic mass is 10.0. The Labute approximate surface area is 139 Å². The molecule has 1 N–H and O–H groups in total. The van der Waals surface area contributed by atoms with Crippen LogP contribution in [0.1, 0.15) is 56.4 Å². The topological polar surface area (TPSA) is 70.5 Å². The van der Waals surface area contributed by atoms with Gasteiger partial charge >= 0.3 is 5.97 Å². The highest BCUT2D eigenvalue weighted by molar-refractivity contribution is 5.94. The summed E-state index contributed by atoms with van der Waals surface area (Å²) in [6.07, 6.45) is 3.02. The van der Waals surface area contributed by atoms with Crippen LogP contribution >= 0.6 is 0 Å². The quantitative estimate of drug-likeness (QED) is 0.943. The molecule has 0 bridgehead atoms. The lowest BCUT2D eigenvalue weighted by Crippen LogP contribution is -2.36. The molecule has 1 aromatic carbocycles. The number of hydrogen-bond acceptors (Lipinski definition) is 3. The van der Waals surface area contributed by atoms with Crippen LogP contribution in [0.25, 0.3) is 0 Å². The summed E-state index contributed by atoms with van der Waals surface area (Å²) in [4.78, 5) is 29.8. The van der Waals surface area contributed by atoms with Crippen LogP contribution in [0.4, 0.5) is 0 Å². The van der Waals surface area contributed by atoms with Crippen LogP contribution in [0.2, 0.25) is 0 Å². The van der Waals surface area contributed by atoms with Gasteiger partial charge in [-0.25, -0.2) is 9.78 Å². The highest BCUT2D eigenvalue weighted by Gasteiger charge is 2.26. The van der Waals surface area contributed by atoms with E-state index in [-0.39, 0.29) is 11.6 Å². The Bertz CT molecular complexity index is 827.